The molecule has 7 aromatic rings. The number of ketones is 1. The molecular formula is C69H76N4O. The second-order valence-corrected chi connectivity index (χ2v) is 27.5. The molecule has 0 atom stereocenters. The van der Waals surface area contributed by atoms with Crippen molar-refractivity contribution in [3.8, 4) is 44.5 Å². The van der Waals surface area contributed by atoms with Gasteiger partial charge in [-0.1, -0.05) is 203 Å². The van der Waals surface area contributed by atoms with Gasteiger partial charge in [-0.15, -0.1) is 0 Å². The highest BCUT2D eigenvalue weighted by molar-refractivity contribution is 6.24. The first kappa shape index (κ1) is 50.7. The van der Waals surface area contributed by atoms with E-state index in [0.29, 0.717) is 11.1 Å². The van der Waals surface area contributed by atoms with Gasteiger partial charge in [-0.25, -0.2) is 9.97 Å². The molecule has 378 valence electrons. The highest BCUT2D eigenvalue weighted by Crippen LogP contribution is 2.46. The average molecular weight is 977 g/mol. The molecule has 74 heavy (non-hydrogen) atoms. The third-order valence-electron chi connectivity index (χ3n) is 15.4. The standard InChI is InChI=1S/C69H76N4O/c1-64(2,3)42-29-39(30-43(35-42)65(4,5)6)58-51-23-24-52(70-51)59(40-31-44(66(7,8)9)36-45(32-40)67(10,11)12)54-27-28-56(72-54)61-48-21-19-20-22-49(48)63(74)50-38-57(73-62(50)61)60(55-26-25-53(58)71-55)41-33-46(68(13,14)15)37-47(34-41)69(16,17)18/h19-38,70,73H,1-18H3. The number of aromatic amines is 2. The first-order valence-corrected chi connectivity index (χ1v) is 26.7. The van der Waals surface area contributed by atoms with Crippen LogP contribution in [0.5, 0.6) is 0 Å². The van der Waals surface area contributed by atoms with Crippen molar-refractivity contribution < 1.29 is 4.79 Å². The Labute approximate surface area is 440 Å². The summed E-state index contributed by atoms with van der Waals surface area (Å²) in [4.78, 5) is 34.4. The van der Waals surface area contributed by atoms with Crippen LogP contribution in [0.4, 0.5) is 0 Å². The number of carbonyl (C=O) groups excluding carboxylic acids is 1. The van der Waals surface area contributed by atoms with E-state index in [1.54, 1.807) is 0 Å². The molecule has 0 spiro atoms. The van der Waals surface area contributed by atoms with Crippen molar-refractivity contribution >= 4 is 52.2 Å². The zero-order chi connectivity index (χ0) is 53.4. The number of hydrogen-bond donors (Lipinski definition) is 2. The Morgan fingerprint density at radius 3 is 0.973 bits per heavy atom. The smallest absolute Gasteiger partial charge is 0.195 e. The molecule has 0 amide bonds. The monoisotopic (exact) mass is 977 g/mol. The van der Waals surface area contributed by atoms with E-state index in [4.69, 9.17) is 9.97 Å². The molecule has 0 saturated carbocycles. The lowest BCUT2D eigenvalue weighted by Gasteiger charge is -2.26. The molecule has 5 heteroatoms. The number of carbonyl (C=O) groups is 1. The number of aromatic nitrogens is 4. The highest BCUT2D eigenvalue weighted by atomic mass is 16.1. The molecule has 4 aromatic carbocycles. The molecule has 8 bridgehead atoms. The Balaban J connectivity index is 1.45. The fourth-order valence-corrected chi connectivity index (χ4v) is 10.6. The second-order valence-electron chi connectivity index (χ2n) is 27.5. The minimum absolute atomic E-state index is 0.00978. The van der Waals surface area contributed by atoms with Crippen LogP contribution in [-0.2, 0) is 32.5 Å². The Hall–Kier alpha value is -6.85. The summed E-state index contributed by atoms with van der Waals surface area (Å²) >= 11 is 0. The molecule has 3 aromatic heterocycles. The fourth-order valence-electron chi connectivity index (χ4n) is 10.6. The summed E-state index contributed by atoms with van der Waals surface area (Å²) in [5, 5.41) is 0. The Morgan fingerprint density at radius 1 is 0.324 bits per heavy atom. The summed E-state index contributed by atoms with van der Waals surface area (Å²) in [5.74, 6) is -0.00978. The predicted molar refractivity (Wildman–Crippen MR) is 316 cm³/mol. The number of nitrogens with one attached hydrogen (secondary N) is 2. The van der Waals surface area contributed by atoms with Crippen LogP contribution >= 0.6 is 0 Å². The Morgan fingerprint density at radius 2 is 0.635 bits per heavy atom. The zero-order valence-corrected chi connectivity index (χ0v) is 47.3. The summed E-state index contributed by atoms with van der Waals surface area (Å²) in [5.41, 5.74) is 23.0. The van der Waals surface area contributed by atoms with E-state index < -0.39 is 0 Å². The Bertz CT molecular complexity index is 3630. The molecule has 5 heterocycles. The third kappa shape index (κ3) is 9.15. The van der Waals surface area contributed by atoms with Gasteiger partial charge in [-0.3, -0.25) is 4.79 Å². The number of H-pyrrole nitrogens is 2. The van der Waals surface area contributed by atoms with Crippen molar-refractivity contribution in [2.45, 2.75) is 157 Å². The van der Waals surface area contributed by atoms with Crippen molar-refractivity contribution in [1.29, 1.82) is 0 Å². The van der Waals surface area contributed by atoms with Gasteiger partial charge in [0, 0.05) is 49.9 Å². The van der Waals surface area contributed by atoms with E-state index >= 15 is 0 Å². The van der Waals surface area contributed by atoms with E-state index in [2.05, 4.69) is 238 Å². The third-order valence-corrected chi connectivity index (χ3v) is 15.4. The Kier molecular flexibility index (Phi) is 11.7. The summed E-state index contributed by atoms with van der Waals surface area (Å²) in [6.45, 7) is 41.3. The van der Waals surface area contributed by atoms with Crippen LogP contribution in [0, 0.1) is 0 Å². The molecule has 0 saturated heterocycles. The quantitative estimate of drug-likeness (QED) is 0.185. The normalized spacial score (nSPS) is 14.0. The molecule has 5 nitrogen and oxygen atoms in total. The van der Waals surface area contributed by atoms with Crippen molar-refractivity contribution in [3.05, 3.63) is 164 Å². The van der Waals surface area contributed by atoms with Crippen LogP contribution in [0.1, 0.15) is 197 Å². The van der Waals surface area contributed by atoms with E-state index in [0.717, 1.165) is 89.4 Å². The second kappa shape index (κ2) is 17.1. The van der Waals surface area contributed by atoms with Gasteiger partial charge in [0.15, 0.2) is 5.78 Å². The number of rotatable bonds is 3. The fraction of sp³-hybridized carbons (Fsp3) is 0.348. The SMILES string of the molecule is CC(C)(C)c1cc(-c2c3nc(c(-c4cc(C(C)(C)C)cc(C(C)(C)C)c4)c4cc5c([nH]4)c(c4nc(c(-c6cc(C(C)(C)C)cc(C(C)(C)C)c6)c6ccc2[nH]6)C=C4)-c2ccccc2C5=O)C=C3)cc(C(C)(C)C)c1. The van der Waals surface area contributed by atoms with Gasteiger partial charge in [0.25, 0.3) is 0 Å². The lowest BCUT2D eigenvalue weighted by Crippen LogP contribution is -2.16. The maximum atomic E-state index is 15.0. The molecule has 2 N–H and O–H groups in total. The van der Waals surface area contributed by atoms with E-state index in [1.807, 2.05) is 18.2 Å². The minimum atomic E-state index is -0.137. The molecule has 0 fully saturated rings. The molecule has 3 aliphatic rings. The highest BCUT2D eigenvalue weighted by Gasteiger charge is 2.31. The van der Waals surface area contributed by atoms with Gasteiger partial charge in [-0.05, 0) is 131 Å². The van der Waals surface area contributed by atoms with Crippen LogP contribution in [0.3, 0.4) is 0 Å². The van der Waals surface area contributed by atoms with Crippen LogP contribution in [-0.4, -0.2) is 25.7 Å². The molecule has 0 radical (unpaired) electrons. The van der Waals surface area contributed by atoms with E-state index in [1.165, 1.54) is 33.4 Å². The van der Waals surface area contributed by atoms with Crippen molar-refractivity contribution in [2.75, 3.05) is 0 Å². The summed E-state index contributed by atoms with van der Waals surface area (Å²) < 4.78 is 0. The largest absolute Gasteiger partial charge is 0.354 e. The molecule has 1 aliphatic carbocycles. The van der Waals surface area contributed by atoms with Crippen molar-refractivity contribution in [1.82, 2.24) is 19.9 Å². The van der Waals surface area contributed by atoms with Gasteiger partial charge < -0.3 is 9.97 Å². The molecular weight excluding hydrogens is 901 g/mol. The van der Waals surface area contributed by atoms with E-state index in [-0.39, 0.29) is 38.3 Å². The molecule has 0 unspecified atom stereocenters. The van der Waals surface area contributed by atoms with Gasteiger partial charge >= 0.3 is 0 Å². The maximum Gasteiger partial charge on any atom is 0.195 e. The predicted octanol–water partition coefficient (Wildman–Crippen LogP) is 18.7. The molecule has 10 rings (SSSR count). The summed E-state index contributed by atoms with van der Waals surface area (Å²) in [6, 6.07) is 35.9. The first-order chi connectivity index (χ1) is 34.3. The van der Waals surface area contributed by atoms with Crippen molar-refractivity contribution in [2.24, 2.45) is 0 Å². The lowest BCUT2D eigenvalue weighted by atomic mass is 9.78. The van der Waals surface area contributed by atoms with E-state index in [9.17, 15) is 4.79 Å². The number of fused-ring (bicyclic) bond motifs is 10. The number of nitrogens with zero attached hydrogens (tertiary/aromatic N) is 2. The average Bonchev–Trinajstić information content (AvgIpc) is 4.14. The minimum Gasteiger partial charge on any atom is -0.354 e. The summed E-state index contributed by atoms with van der Waals surface area (Å²) in [7, 11) is 0. The zero-order valence-electron chi connectivity index (χ0n) is 47.3. The van der Waals surface area contributed by atoms with Gasteiger partial charge in [0.05, 0.1) is 28.3 Å². The number of hydrogen-bond acceptors (Lipinski definition) is 3. The van der Waals surface area contributed by atoms with Gasteiger partial charge in [-0.2, -0.15) is 0 Å². The van der Waals surface area contributed by atoms with Gasteiger partial charge in [0.1, 0.15) is 0 Å². The lowest BCUT2D eigenvalue weighted by molar-refractivity contribution is 0.104. The molecule has 2 aliphatic heterocycles. The first-order valence-electron chi connectivity index (χ1n) is 26.7. The van der Waals surface area contributed by atoms with Crippen molar-refractivity contribution in [3.63, 3.8) is 0 Å². The number of benzene rings is 4. The van der Waals surface area contributed by atoms with Crippen LogP contribution in [0.15, 0.2) is 97.1 Å². The van der Waals surface area contributed by atoms with Gasteiger partial charge in [0.2, 0.25) is 0 Å². The van der Waals surface area contributed by atoms with Crippen LogP contribution in [0.25, 0.3) is 90.9 Å². The van der Waals surface area contributed by atoms with Crippen LogP contribution in [0.2, 0.25) is 0 Å². The topological polar surface area (TPSA) is 74.4 Å². The maximum absolute atomic E-state index is 15.0. The summed E-state index contributed by atoms with van der Waals surface area (Å²) in [6.07, 6.45) is 8.69. The van der Waals surface area contributed by atoms with Crippen LogP contribution < -0.4 is 0 Å².